The molecule has 0 saturated carbocycles. The van der Waals surface area contributed by atoms with Crippen LogP contribution in [0.2, 0.25) is 0 Å². The second-order valence-corrected chi connectivity index (χ2v) is 4.27. The average Bonchev–Trinajstić information content (AvgIpc) is 2.54. The summed E-state index contributed by atoms with van der Waals surface area (Å²) in [7, 11) is 0. The first-order chi connectivity index (χ1) is 6.58. The molecule has 1 rings (SSSR count). The van der Waals surface area contributed by atoms with Crippen LogP contribution < -0.4 is 5.32 Å². The number of hydrogen-bond donors (Lipinski definition) is 1. The molecule has 0 unspecified atom stereocenters. The van der Waals surface area contributed by atoms with Gasteiger partial charge in [-0.1, -0.05) is 0 Å². The smallest absolute Gasteiger partial charge is 0.0947 e. The van der Waals surface area contributed by atoms with E-state index in [-0.39, 0.29) is 5.60 Å². The van der Waals surface area contributed by atoms with Crippen molar-refractivity contribution in [1.82, 2.24) is 5.32 Å². The minimum Gasteiger partial charge on any atom is -0.472 e. The zero-order chi connectivity index (χ0) is 10.4. The summed E-state index contributed by atoms with van der Waals surface area (Å²) in [6.07, 6.45) is 3.43. The normalized spacial score (nSPS) is 11.9. The van der Waals surface area contributed by atoms with Crippen molar-refractivity contribution in [3.63, 3.8) is 0 Å². The van der Waals surface area contributed by atoms with Gasteiger partial charge in [0.25, 0.3) is 0 Å². The Bertz CT molecular complexity index is 236. The number of furan rings is 1. The lowest BCUT2D eigenvalue weighted by Crippen LogP contribution is -2.26. The maximum absolute atomic E-state index is 5.56. The van der Waals surface area contributed by atoms with Crippen LogP contribution in [0.3, 0.4) is 0 Å². The van der Waals surface area contributed by atoms with E-state index in [1.807, 2.05) is 6.07 Å². The van der Waals surface area contributed by atoms with Crippen LogP contribution >= 0.6 is 0 Å². The fourth-order valence-corrected chi connectivity index (χ4v) is 1.06. The van der Waals surface area contributed by atoms with Crippen LogP contribution in [0, 0.1) is 0 Å². The lowest BCUT2D eigenvalue weighted by molar-refractivity contribution is -0.000889. The monoisotopic (exact) mass is 197 g/mol. The second kappa shape index (κ2) is 5.17. The van der Waals surface area contributed by atoms with Gasteiger partial charge in [-0.25, -0.2) is 0 Å². The fraction of sp³-hybridized carbons (Fsp3) is 0.636. The Morgan fingerprint density at radius 3 is 2.79 bits per heavy atom. The summed E-state index contributed by atoms with van der Waals surface area (Å²) in [4.78, 5) is 0. The molecule has 1 aromatic heterocycles. The van der Waals surface area contributed by atoms with E-state index >= 15 is 0 Å². The van der Waals surface area contributed by atoms with Gasteiger partial charge in [-0.15, -0.1) is 0 Å². The van der Waals surface area contributed by atoms with E-state index in [0.717, 1.165) is 19.7 Å². The van der Waals surface area contributed by atoms with E-state index in [2.05, 4.69) is 26.1 Å². The minimum atomic E-state index is -0.0443. The molecular weight excluding hydrogens is 178 g/mol. The van der Waals surface area contributed by atoms with Gasteiger partial charge in [-0.3, -0.25) is 0 Å². The zero-order valence-corrected chi connectivity index (χ0v) is 9.17. The number of rotatable bonds is 5. The van der Waals surface area contributed by atoms with Crippen molar-refractivity contribution in [3.05, 3.63) is 24.2 Å². The van der Waals surface area contributed by atoms with Gasteiger partial charge in [0.2, 0.25) is 0 Å². The van der Waals surface area contributed by atoms with Crippen molar-refractivity contribution >= 4 is 0 Å². The highest BCUT2D eigenvalue weighted by Gasteiger charge is 2.08. The lowest BCUT2D eigenvalue weighted by Gasteiger charge is -2.19. The van der Waals surface area contributed by atoms with Gasteiger partial charge < -0.3 is 14.5 Å². The molecule has 0 fully saturated rings. The summed E-state index contributed by atoms with van der Waals surface area (Å²) >= 11 is 0. The van der Waals surface area contributed by atoms with Crippen LogP contribution in [0.25, 0.3) is 0 Å². The lowest BCUT2D eigenvalue weighted by atomic mass is 10.2. The molecule has 0 aliphatic heterocycles. The summed E-state index contributed by atoms with van der Waals surface area (Å²) in [6.45, 7) is 8.61. The van der Waals surface area contributed by atoms with Crippen LogP contribution in [0.1, 0.15) is 26.3 Å². The molecule has 0 aliphatic rings. The van der Waals surface area contributed by atoms with Crippen LogP contribution in [0.5, 0.6) is 0 Å². The number of nitrogens with one attached hydrogen (secondary N) is 1. The molecule has 3 nitrogen and oxygen atoms in total. The molecule has 1 N–H and O–H groups in total. The SMILES string of the molecule is CC(C)(C)OCCNCc1ccoc1. The molecule has 0 bridgehead atoms. The van der Waals surface area contributed by atoms with Gasteiger partial charge in [-0.05, 0) is 26.8 Å². The molecular formula is C11H19NO2. The third-order valence-electron chi connectivity index (χ3n) is 1.72. The van der Waals surface area contributed by atoms with Gasteiger partial charge in [0, 0.05) is 18.7 Å². The molecule has 0 spiro atoms. The van der Waals surface area contributed by atoms with Gasteiger partial charge in [-0.2, -0.15) is 0 Å². The van der Waals surface area contributed by atoms with Crippen molar-refractivity contribution in [3.8, 4) is 0 Å². The Morgan fingerprint density at radius 2 is 2.21 bits per heavy atom. The van der Waals surface area contributed by atoms with Crippen LogP contribution in [0.15, 0.2) is 23.0 Å². The van der Waals surface area contributed by atoms with Crippen molar-refractivity contribution in [2.75, 3.05) is 13.2 Å². The summed E-state index contributed by atoms with van der Waals surface area (Å²) in [5.74, 6) is 0. The van der Waals surface area contributed by atoms with Gasteiger partial charge in [0.15, 0.2) is 0 Å². The fourth-order valence-electron chi connectivity index (χ4n) is 1.06. The Balaban J connectivity index is 2.00. The molecule has 14 heavy (non-hydrogen) atoms. The highest BCUT2D eigenvalue weighted by Crippen LogP contribution is 2.05. The molecule has 3 heteroatoms. The van der Waals surface area contributed by atoms with Gasteiger partial charge >= 0.3 is 0 Å². The molecule has 0 radical (unpaired) electrons. The van der Waals surface area contributed by atoms with Crippen LogP contribution in [0.4, 0.5) is 0 Å². The zero-order valence-electron chi connectivity index (χ0n) is 9.17. The average molecular weight is 197 g/mol. The Hall–Kier alpha value is -0.800. The summed E-state index contributed by atoms with van der Waals surface area (Å²) < 4.78 is 10.5. The predicted octanol–water partition coefficient (Wildman–Crippen LogP) is 2.18. The maximum atomic E-state index is 5.56. The van der Waals surface area contributed by atoms with E-state index in [0.29, 0.717) is 0 Å². The van der Waals surface area contributed by atoms with E-state index in [1.165, 1.54) is 5.56 Å². The molecule has 0 atom stereocenters. The highest BCUT2D eigenvalue weighted by molar-refractivity contribution is 5.04. The second-order valence-electron chi connectivity index (χ2n) is 4.27. The molecule has 0 saturated heterocycles. The first-order valence-electron chi connectivity index (χ1n) is 4.94. The molecule has 80 valence electrons. The Labute approximate surface area is 85.4 Å². The topological polar surface area (TPSA) is 34.4 Å². The largest absolute Gasteiger partial charge is 0.472 e. The Kier molecular flexibility index (Phi) is 4.17. The van der Waals surface area contributed by atoms with Gasteiger partial charge in [0.05, 0.1) is 24.7 Å². The molecule has 1 aromatic rings. The maximum Gasteiger partial charge on any atom is 0.0947 e. The Morgan fingerprint density at radius 1 is 1.43 bits per heavy atom. The summed E-state index contributed by atoms with van der Waals surface area (Å²) in [6, 6.07) is 1.96. The molecule has 0 amide bonds. The summed E-state index contributed by atoms with van der Waals surface area (Å²) in [5.41, 5.74) is 1.12. The highest BCUT2D eigenvalue weighted by atomic mass is 16.5. The predicted molar refractivity (Wildman–Crippen MR) is 56.1 cm³/mol. The van der Waals surface area contributed by atoms with Crippen molar-refractivity contribution in [1.29, 1.82) is 0 Å². The van der Waals surface area contributed by atoms with E-state index in [1.54, 1.807) is 12.5 Å². The third kappa shape index (κ3) is 5.04. The summed E-state index contributed by atoms with van der Waals surface area (Å²) in [5, 5.41) is 3.28. The van der Waals surface area contributed by atoms with Crippen molar-refractivity contribution in [2.24, 2.45) is 0 Å². The molecule has 1 heterocycles. The first-order valence-corrected chi connectivity index (χ1v) is 4.94. The number of hydrogen-bond acceptors (Lipinski definition) is 3. The minimum absolute atomic E-state index is 0.0443. The van der Waals surface area contributed by atoms with E-state index < -0.39 is 0 Å². The third-order valence-corrected chi connectivity index (χ3v) is 1.72. The molecule has 0 aromatic carbocycles. The van der Waals surface area contributed by atoms with Crippen LogP contribution in [-0.4, -0.2) is 18.8 Å². The van der Waals surface area contributed by atoms with E-state index in [9.17, 15) is 0 Å². The van der Waals surface area contributed by atoms with E-state index in [4.69, 9.17) is 9.15 Å². The van der Waals surface area contributed by atoms with Crippen LogP contribution in [-0.2, 0) is 11.3 Å². The van der Waals surface area contributed by atoms with Gasteiger partial charge in [0.1, 0.15) is 0 Å². The molecule has 0 aliphatic carbocycles. The standard InChI is InChI=1S/C11H19NO2/c1-11(2,3)14-7-5-12-8-10-4-6-13-9-10/h4,6,9,12H,5,7-8H2,1-3H3. The van der Waals surface area contributed by atoms with Crippen molar-refractivity contribution < 1.29 is 9.15 Å². The quantitative estimate of drug-likeness (QED) is 0.735. The first kappa shape index (κ1) is 11.3. The van der Waals surface area contributed by atoms with Crippen molar-refractivity contribution in [2.45, 2.75) is 32.9 Å². The number of ether oxygens (including phenoxy) is 1.